The third-order valence-electron chi connectivity index (χ3n) is 10.5. The molecule has 3 atom stereocenters. The number of rotatable bonds is 24. The minimum atomic E-state index is -1.03. The Morgan fingerprint density at radius 1 is 0.460 bits per heavy atom. The third-order valence-corrected chi connectivity index (χ3v) is 10.5. The molecule has 0 aromatic heterocycles. The van der Waals surface area contributed by atoms with Crippen molar-refractivity contribution in [2.45, 2.75) is 77.1 Å². The van der Waals surface area contributed by atoms with Crippen molar-refractivity contribution in [2.75, 3.05) is 39.6 Å². The van der Waals surface area contributed by atoms with E-state index in [2.05, 4.69) is 64.8 Å². The smallest absolute Gasteiger partial charge is 0.333 e. The highest BCUT2D eigenvalue weighted by molar-refractivity contribution is 5.87. The molecule has 4 aromatic carbocycles. The normalized spacial score (nSPS) is 13.6. The van der Waals surface area contributed by atoms with Crippen LogP contribution >= 0.6 is 0 Å². The van der Waals surface area contributed by atoms with Crippen LogP contribution in [-0.4, -0.2) is 91.2 Å². The number of aliphatic hydroxyl groups is 3. The molecule has 0 saturated carbocycles. The number of carbonyl (C=O) groups excluding carboxylic acids is 3. The van der Waals surface area contributed by atoms with Gasteiger partial charge in [-0.15, -0.1) is 0 Å². The maximum atomic E-state index is 11.7. The van der Waals surface area contributed by atoms with Crippen LogP contribution in [0.4, 0.5) is 0 Å². The number of benzene rings is 4. The molecule has 0 saturated heterocycles. The average Bonchev–Trinajstić information content (AvgIpc) is 3.28. The summed E-state index contributed by atoms with van der Waals surface area (Å²) in [6, 6.07) is 31.6. The van der Waals surface area contributed by atoms with Crippen LogP contribution in [0.1, 0.15) is 75.8 Å². The van der Waals surface area contributed by atoms with E-state index in [1.165, 1.54) is 20.8 Å². The van der Waals surface area contributed by atoms with E-state index in [4.69, 9.17) is 28.4 Å². The molecule has 63 heavy (non-hydrogen) atoms. The van der Waals surface area contributed by atoms with Gasteiger partial charge in [0.05, 0.1) is 0 Å². The summed E-state index contributed by atoms with van der Waals surface area (Å²) in [7, 11) is 0. The van der Waals surface area contributed by atoms with Gasteiger partial charge in [-0.3, -0.25) is 0 Å². The van der Waals surface area contributed by atoms with Gasteiger partial charge in [0.25, 0.3) is 0 Å². The molecule has 3 unspecified atom stereocenters. The molecule has 0 aliphatic carbocycles. The standard InChI is InChI=1S/C51H60O12/c1-10-51(39-17-23-45(24-18-39)59-28-42(53)31-62-48(56)34(4)5,40-19-25-46(26-20-40)60-29-43(54)32-63-49(57)35(6)7)38-13-11-36(12-14-38)50(8,9)37-15-21-44(22-16-37)58-27-41(52)30-61-47(55)33(2)3/h11-26,41-43,52-54H,2,4,6,10,27-32H2,1,3,5,7-9H3. The van der Waals surface area contributed by atoms with Crippen molar-refractivity contribution in [1.82, 2.24) is 0 Å². The largest absolute Gasteiger partial charge is 0.491 e. The van der Waals surface area contributed by atoms with Gasteiger partial charge in [0.1, 0.15) is 75.2 Å². The molecule has 0 amide bonds. The first-order valence-corrected chi connectivity index (χ1v) is 20.7. The summed E-state index contributed by atoms with van der Waals surface area (Å²) in [4.78, 5) is 35.1. The Labute approximate surface area is 370 Å². The minimum absolute atomic E-state index is 0.0474. The topological polar surface area (TPSA) is 167 Å². The molecule has 0 fully saturated rings. The summed E-state index contributed by atoms with van der Waals surface area (Å²) >= 11 is 0. The monoisotopic (exact) mass is 864 g/mol. The van der Waals surface area contributed by atoms with Crippen LogP contribution < -0.4 is 14.2 Å². The lowest BCUT2D eigenvalue weighted by Crippen LogP contribution is -2.29. The van der Waals surface area contributed by atoms with E-state index in [0.29, 0.717) is 23.7 Å². The Bertz CT molecular complexity index is 2090. The van der Waals surface area contributed by atoms with Crippen LogP contribution in [0.15, 0.2) is 134 Å². The summed E-state index contributed by atoms with van der Waals surface area (Å²) < 4.78 is 32.6. The van der Waals surface area contributed by atoms with E-state index in [-0.39, 0.29) is 56.4 Å². The summed E-state index contributed by atoms with van der Waals surface area (Å²) in [6.45, 7) is 20.8. The van der Waals surface area contributed by atoms with Crippen molar-refractivity contribution in [3.63, 3.8) is 0 Å². The second-order valence-corrected chi connectivity index (χ2v) is 16.1. The van der Waals surface area contributed by atoms with Crippen molar-refractivity contribution in [3.05, 3.63) is 161 Å². The average molecular weight is 865 g/mol. The van der Waals surface area contributed by atoms with E-state index in [1.54, 1.807) is 0 Å². The number of hydrogen-bond donors (Lipinski definition) is 3. The molecule has 12 nitrogen and oxygen atoms in total. The molecule has 0 aliphatic rings. The molecular formula is C51H60O12. The Morgan fingerprint density at radius 2 is 0.698 bits per heavy atom. The van der Waals surface area contributed by atoms with Gasteiger partial charge in [-0.05, 0) is 91.4 Å². The molecule has 336 valence electrons. The number of carbonyl (C=O) groups is 3. The van der Waals surface area contributed by atoms with Crippen LogP contribution in [-0.2, 0) is 39.4 Å². The van der Waals surface area contributed by atoms with Gasteiger partial charge in [-0.2, -0.15) is 0 Å². The van der Waals surface area contributed by atoms with Gasteiger partial charge in [0.2, 0.25) is 0 Å². The summed E-state index contributed by atoms with van der Waals surface area (Å²) in [5.41, 5.74) is 4.82. The van der Waals surface area contributed by atoms with Gasteiger partial charge >= 0.3 is 17.9 Å². The highest BCUT2D eigenvalue weighted by Crippen LogP contribution is 2.44. The van der Waals surface area contributed by atoms with Crippen LogP contribution in [0.3, 0.4) is 0 Å². The molecule has 12 heteroatoms. The molecular weight excluding hydrogens is 805 g/mol. The van der Waals surface area contributed by atoms with Gasteiger partial charge in [0.15, 0.2) is 0 Å². The van der Waals surface area contributed by atoms with Gasteiger partial charge < -0.3 is 43.7 Å². The van der Waals surface area contributed by atoms with Gasteiger partial charge in [-0.1, -0.05) is 101 Å². The molecule has 0 heterocycles. The molecule has 0 aliphatic heterocycles. The predicted molar refractivity (Wildman–Crippen MR) is 240 cm³/mol. The van der Waals surface area contributed by atoms with Crippen molar-refractivity contribution in [3.8, 4) is 17.2 Å². The van der Waals surface area contributed by atoms with Crippen molar-refractivity contribution in [2.24, 2.45) is 0 Å². The maximum absolute atomic E-state index is 11.7. The Morgan fingerprint density at radius 3 is 0.952 bits per heavy atom. The highest BCUT2D eigenvalue weighted by atomic mass is 16.6. The number of aliphatic hydroxyl groups excluding tert-OH is 3. The number of hydrogen-bond acceptors (Lipinski definition) is 12. The van der Waals surface area contributed by atoms with Crippen LogP contribution in [0.25, 0.3) is 0 Å². The predicted octanol–water partition coefficient (Wildman–Crippen LogP) is 7.33. The van der Waals surface area contributed by atoms with Crippen molar-refractivity contribution in [1.29, 1.82) is 0 Å². The van der Waals surface area contributed by atoms with E-state index < -0.39 is 47.0 Å². The van der Waals surface area contributed by atoms with Crippen molar-refractivity contribution >= 4 is 17.9 Å². The second-order valence-electron chi connectivity index (χ2n) is 16.1. The zero-order valence-corrected chi connectivity index (χ0v) is 37.1. The fraction of sp³-hybridized carbons (Fsp3) is 0.353. The van der Waals surface area contributed by atoms with Gasteiger partial charge in [-0.25, -0.2) is 14.4 Å². The number of esters is 3. The lowest BCUT2D eigenvalue weighted by molar-refractivity contribution is -0.143. The fourth-order valence-corrected chi connectivity index (χ4v) is 6.70. The molecule has 4 aromatic rings. The van der Waals surface area contributed by atoms with E-state index >= 15 is 0 Å². The molecule has 0 radical (unpaired) electrons. The Balaban J connectivity index is 1.57. The zero-order chi connectivity index (χ0) is 46.3. The second kappa shape index (κ2) is 22.8. The van der Waals surface area contributed by atoms with Crippen LogP contribution in [0.2, 0.25) is 0 Å². The summed E-state index contributed by atoms with van der Waals surface area (Å²) in [5, 5.41) is 30.9. The maximum Gasteiger partial charge on any atom is 0.333 e. The molecule has 4 rings (SSSR count). The minimum Gasteiger partial charge on any atom is -0.491 e. The van der Waals surface area contributed by atoms with Crippen LogP contribution in [0.5, 0.6) is 17.2 Å². The number of ether oxygens (including phenoxy) is 6. The molecule has 0 bridgehead atoms. The third kappa shape index (κ3) is 13.6. The highest BCUT2D eigenvalue weighted by Gasteiger charge is 2.35. The summed E-state index contributed by atoms with van der Waals surface area (Å²) in [6.07, 6.45) is -2.39. The first kappa shape index (κ1) is 49.4. The first-order chi connectivity index (χ1) is 29.9. The lowest BCUT2D eigenvalue weighted by atomic mass is 9.67. The van der Waals surface area contributed by atoms with E-state index in [1.807, 2.05) is 72.8 Å². The quantitative estimate of drug-likeness (QED) is 0.0278. The van der Waals surface area contributed by atoms with Gasteiger partial charge in [0, 0.05) is 27.5 Å². The Kier molecular flexibility index (Phi) is 17.9. The first-order valence-electron chi connectivity index (χ1n) is 20.7. The van der Waals surface area contributed by atoms with E-state index in [0.717, 1.165) is 27.8 Å². The zero-order valence-electron chi connectivity index (χ0n) is 37.1. The van der Waals surface area contributed by atoms with Crippen molar-refractivity contribution < 1.29 is 58.1 Å². The SMILES string of the molecule is C=C(C)C(=O)OCC(O)COc1ccc(C(C)(C)c2ccc(C(CC)(c3ccc(OCC(O)COC(=O)C(=C)C)cc3)c3ccc(OCC(O)COC(=O)C(=C)C)cc3)cc2)cc1. The van der Waals surface area contributed by atoms with E-state index in [9.17, 15) is 29.7 Å². The van der Waals surface area contributed by atoms with Crippen LogP contribution in [0, 0.1) is 0 Å². The lowest BCUT2D eigenvalue weighted by Gasteiger charge is -2.36. The molecule has 0 spiro atoms. The fourth-order valence-electron chi connectivity index (χ4n) is 6.70. The molecule has 3 N–H and O–H groups in total. The Hall–Kier alpha value is -6.21. The summed E-state index contributed by atoms with van der Waals surface area (Å²) in [5.74, 6) is -0.113.